The van der Waals surface area contributed by atoms with Crippen LogP contribution < -0.4 is 9.47 Å². The van der Waals surface area contributed by atoms with E-state index in [1.54, 1.807) is 48.5 Å². The van der Waals surface area contributed by atoms with Crippen LogP contribution in [-0.4, -0.2) is 90.1 Å². The minimum absolute atomic E-state index is 0.115. The van der Waals surface area contributed by atoms with Gasteiger partial charge in [-0.25, -0.2) is 9.59 Å². The third-order valence-electron chi connectivity index (χ3n) is 11.4. The topological polar surface area (TPSA) is 159 Å². The van der Waals surface area contributed by atoms with Crippen LogP contribution >= 0.6 is 0 Å². The molecule has 2 aliphatic heterocycles. The number of hydrogen-bond acceptors (Lipinski definition) is 8. The molecule has 2 aliphatic rings. The van der Waals surface area contributed by atoms with Gasteiger partial charge in [-0.05, 0) is 82.0 Å². The zero-order valence-corrected chi connectivity index (χ0v) is 35.7. The number of carboxylic acid groups (broad SMARTS) is 2. The number of ether oxygens (including phenoxy) is 2. The zero-order valence-electron chi connectivity index (χ0n) is 35.7. The average molecular weight is 901 g/mol. The van der Waals surface area contributed by atoms with Crippen LogP contribution in [0.25, 0.3) is 0 Å². The number of hydrogen-bond donors (Lipinski definition) is 2. The van der Waals surface area contributed by atoms with Crippen molar-refractivity contribution in [3.05, 3.63) is 119 Å². The van der Waals surface area contributed by atoms with Gasteiger partial charge in [0.2, 0.25) is 11.2 Å². The summed E-state index contributed by atoms with van der Waals surface area (Å²) < 4.78 is 93.0. The van der Waals surface area contributed by atoms with Crippen LogP contribution in [0.5, 0.6) is 11.5 Å². The maximum Gasteiger partial charge on any atom is 0.418 e. The smallest absolute Gasteiger partial charge is 0.418 e. The molecule has 2 N–H and O–H groups in total. The van der Waals surface area contributed by atoms with Crippen LogP contribution in [-0.2, 0) is 21.9 Å². The second kappa shape index (κ2) is 20.1. The quantitative estimate of drug-likeness (QED) is 0.131. The number of rotatable bonds is 12. The fourth-order valence-electron chi connectivity index (χ4n) is 8.35. The molecule has 64 heavy (non-hydrogen) atoms. The van der Waals surface area contributed by atoms with E-state index in [4.69, 9.17) is 9.47 Å². The van der Waals surface area contributed by atoms with E-state index in [1.807, 2.05) is 27.7 Å². The molecule has 2 amide bonds. The van der Waals surface area contributed by atoms with Gasteiger partial charge in [-0.15, -0.1) is 0 Å². The van der Waals surface area contributed by atoms with Crippen molar-refractivity contribution in [2.24, 2.45) is 0 Å². The summed E-state index contributed by atoms with van der Waals surface area (Å²) in [5.74, 6) is -3.72. The van der Waals surface area contributed by atoms with E-state index in [1.165, 1.54) is 9.80 Å². The van der Waals surface area contributed by atoms with E-state index in [2.05, 4.69) is 9.97 Å². The fourth-order valence-corrected chi connectivity index (χ4v) is 8.35. The summed E-state index contributed by atoms with van der Waals surface area (Å²) in [4.78, 5) is 61.4. The zero-order chi connectivity index (χ0) is 47.0. The normalized spacial score (nSPS) is 21.3. The van der Waals surface area contributed by atoms with Crippen molar-refractivity contribution in [1.29, 1.82) is 0 Å². The predicted molar refractivity (Wildman–Crippen MR) is 221 cm³/mol. The summed E-state index contributed by atoms with van der Waals surface area (Å²) in [5.41, 5.74) is -5.22. The number of carbonyl (C=O) groups excluding carboxylic acids is 2. The van der Waals surface area contributed by atoms with Crippen molar-refractivity contribution in [3.8, 4) is 11.5 Å². The highest BCUT2D eigenvalue weighted by Gasteiger charge is 2.56. The van der Waals surface area contributed by atoms with Gasteiger partial charge in [0.1, 0.15) is 17.2 Å². The number of halogens is 6. The third kappa shape index (κ3) is 10.6. The van der Waals surface area contributed by atoms with Crippen LogP contribution in [0.4, 0.5) is 26.3 Å². The van der Waals surface area contributed by atoms with Gasteiger partial charge in [-0.2, -0.15) is 26.3 Å². The first-order chi connectivity index (χ1) is 30.2. The van der Waals surface area contributed by atoms with Gasteiger partial charge < -0.3 is 29.5 Å². The molecular formula is C46H50F6N4O8. The van der Waals surface area contributed by atoms with E-state index in [0.29, 0.717) is 24.3 Å². The summed E-state index contributed by atoms with van der Waals surface area (Å²) in [6, 6.07) is 14.4. The Balaban J connectivity index is 0.000000241. The van der Waals surface area contributed by atoms with Crippen molar-refractivity contribution in [3.63, 3.8) is 0 Å². The Bertz CT molecular complexity index is 2110. The van der Waals surface area contributed by atoms with Gasteiger partial charge in [-0.3, -0.25) is 19.6 Å². The number of aromatic nitrogens is 2. The largest absolute Gasteiger partial charge is 0.478 e. The lowest BCUT2D eigenvalue weighted by atomic mass is 9.81. The number of likely N-dealkylation sites (tertiary alicyclic amines) is 2. The average Bonchev–Trinajstić information content (AvgIpc) is 3.25. The van der Waals surface area contributed by atoms with Gasteiger partial charge >= 0.3 is 24.3 Å². The molecule has 0 bridgehead atoms. The molecule has 2 saturated heterocycles. The number of carbonyl (C=O) groups is 4. The number of benzene rings is 2. The molecule has 0 saturated carbocycles. The molecule has 2 aromatic heterocycles. The minimum atomic E-state index is -4.77. The molecule has 344 valence electrons. The van der Waals surface area contributed by atoms with Crippen LogP contribution in [0.3, 0.4) is 0 Å². The van der Waals surface area contributed by atoms with Crippen molar-refractivity contribution in [1.82, 2.24) is 19.8 Å². The lowest BCUT2D eigenvalue weighted by Crippen LogP contribution is -2.65. The Morgan fingerprint density at radius 2 is 1.12 bits per heavy atom. The monoisotopic (exact) mass is 900 g/mol. The summed E-state index contributed by atoms with van der Waals surface area (Å²) in [6.07, 6.45) is -4.23. The Morgan fingerprint density at radius 1 is 0.672 bits per heavy atom. The minimum Gasteiger partial charge on any atom is -0.478 e. The van der Waals surface area contributed by atoms with Crippen molar-refractivity contribution >= 4 is 23.8 Å². The Kier molecular flexibility index (Phi) is 15.3. The number of aliphatic carboxylic acids is 2. The highest BCUT2D eigenvalue weighted by atomic mass is 19.4. The van der Waals surface area contributed by atoms with Gasteiger partial charge in [0.25, 0.3) is 11.8 Å². The number of piperidine rings is 2. The highest BCUT2D eigenvalue weighted by molar-refractivity contribution is 5.97. The first-order valence-corrected chi connectivity index (χ1v) is 20.8. The van der Waals surface area contributed by atoms with E-state index in [-0.39, 0.29) is 51.6 Å². The summed E-state index contributed by atoms with van der Waals surface area (Å²) >= 11 is 0. The van der Waals surface area contributed by atoms with Gasteiger partial charge in [0.05, 0.1) is 28.8 Å². The number of carboxylic acids is 2. The van der Waals surface area contributed by atoms with Gasteiger partial charge in [0.15, 0.2) is 0 Å². The molecule has 12 nitrogen and oxygen atoms in total. The standard InChI is InChI=1S/2C23H25F3N2O4/c1-3-6-18-22(21(30)31,32-16-10-8-15(2)9-11-16)12-5-14-28(18)20(29)19-17(23(24,25)26)7-4-13-27-19;1-3-5-19-22(21(30)31,32-16-8-6-15(2)7-9-16)11-4-13-28(19)20(29)17-14-27-12-10-18(17)23(24,25)26/h4,7-11,13,18H,3,5-6,12,14H2,1-2H3,(H,30,31);6-10,12,14,19H,3-5,11,13H2,1-2H3,(H,30,31)/t18-,22+;19-,22+/m11/s1. The molecule has 4 atom stereocenters. The SMILES string of the molecule is CCC[C@H]1N(C(=O)c2cnccc2C(F)(F)F)CCC[C@@]1(Oc1ccc(C)cc1)C(=O)O.CCC[C@H]1N(C(=O)c2ncccc2C(F)(F)F)CCC[C@@]1(Oc1ccc(C)cc1)C(=O)O. The summed E-state index contributed by atoms with van der Waals surface area (Å²) in [5, 5.41) is 20.4. The third-order valence-corrected chi connectivity index (χ3v) is 11.4. The number of amides is 2. The molecule has 0 aliphatic carbocycles. The molecule has 2 aromatic carbocycles. The maximum absolute atomic E-state index is 13.5. The molecule has 4 aromatic rings. The van der Waals surface area contributed by atoms with Gasteiger partial charge in [0, 0.05) is 44.5 Å². The van der Waals surface area contributed by atoms with E-state index < -0.39 is 81.8 Å². The molecule has 0 unspecified atom stereocenters. The fraction of sp³-hybridized carbons (Fsp3) is 0.435. The Labute approximate surface area is 366 Å². The number of pyridine rings is 2. The second-order valence-corrected chi connectivity index (χ2v) is 15.8. The number of alkyl halides is 6. The molecule has 6 rings (SSSR count). The number of nitrogens with zero attached hydrogens (tertiary/aromatic N) is 4. The van der Waals surface area contributed by atoms with Crippen LogP contribution in [0.2, 0.25) is 0 Å². The van der Waals surface area contributed by atoms with Crippen molar-refractivity contribution in [2.45, 2.75) is 115 Å². The summed E-state index contributed by atoms with van der Waals surface area (Å²) in [6.45, 7) is 7.64. The lowest BCUT2D eigenvalue weighted by molar-refractivity contribution is -0.167. The van der Waals surface area contributed by atoms with E-state index in [9.17, 15) is 55.7 Å². The molecule has 4 heterocycles. The van der Waals surface area contributed by atoms with Crippen LogP contribution in [0.1, 0.15) is 108 Å². The Hall–Kier alpha value is -6.20. The first kappa shape index (κ1) is 48.8. The first-order valence-electron chi connectivity index (χ1n) is 20.8. The molecule has 18 heteroatoms. The molecular weight excluding hydrogens is 851 g/mol. The maximum atomic E-state index is 13.5. The predicted octanol–water partition coefficient (Wildman–Crippen LogP) is 9.43. The van der Waals surface area contributed by atoms with Crippen LogP contribution in [0.15, 0.2) is 85.3 Å². The Morgan fingerprint density at radius 3 is 1.55 bits per heavy atom. The van der Waals surface area contributed by atoms with Gasteiger partial charge in [-0.1, -0.05) is 62.1 Å². The second-order valence-electron chi connectivity index (χ2n) is 15.8. The van der Waals surface area contributed by atoms with E-state index >= 15 is 0 Å². The highest BCUT2D eigenvalue weighted by Crippen LogP contribution is 2.40. The van der Waals surface area contributed by atoms with Crippen LogP contribution in [0, 0.1) is 13.8 Å². The van der Waals surface area contributed by atoms with Crippen molar-refractivity contribution in [2.75, 3.05) is 13.1 Å². The number of aryl methyl sites for hydroxylation is 2. The molecule has 0 spiro atoms. The summed E-state index contributed by atoms with van der Waals surface area (Å²) in [7, 11) is 0. The van der Waals surface area contributed by atoms with Crippen molar-refractivity contribution < 1.29 is 65.2 Å². The van der Waals surface area contributed by atoms with E-state index in [0.717, 1.165) is 47.9 Å². The molecule has 2 fully saturated rings. The molecule has 0 radical (unpaired) electrons. The lowest BCUT2D eigenvalue weighted by Gasteiger charge is -2.47.